The van der Waals surface area contributed by atoms with Gasteiger partial charge in [0.15, 0.2) is 0 Å². The quantitative estimate of drug-likeness (QED) is 0.570. The van der Waals surface area contributed by atoms with Crippen molar-refractivity contribution in [3.05, 3.63) is 65.7 Å². The number of tetrazole rings is 1. The fourth-order valence-corrected chi connectivity index (χ4v) is 4.75. The van der Waals surface area contributed by atoms with E-state index in [0.29, 0.717) is 12.4 Å². The summed E-state index contributed by atoms with van der Waals surface area (Å²) in [5.74, 6) is 1.42. The van der Waals surface area contributed by atoms with Crippen molar-refractivity contribution < 1.29 is 13.2 Å². The third-order valence-electron chi connectivity index (χ3n) is 5.93. The second-order valence-corrected chi connectivity index (χ2v) is 10.3. The van der Waals surface area contributed by atoms with Crippen molar-refractivity contribution in [1.82, 2.24) is 30.2 Å². The van der Waals surface area contributed by atoms with E-state index in [0.717, 1.165) is 54.6 Å². The summed E-state index contributed by atoms with van der Waals surface area (Å²) < 4.78 is 31.3. The molecule has 9 nitrogen and oxygen atoms in total. The lowest BCUT2D eigenvalue weighted by molar-refractivity contribution is 0.0817. The number of ether oxygens (including phenoxy) is 1. The van der Waals surface area contributed by atoms with Crippen LogP contribution in [0.4, 0.5) is 0 Å². The van der Waals surface area contributed by atoms with Crippen LogP contribution in [0.15, 0.2) is 54.6 Å². The van der Waals surface area contributed by atoms with Crippen molar-refractivity contribution in [2.24, 2.45) is 0 Å². The largest absolute Gasteiger partial charge is 0.482 e. The fourth-order valence-electron chi connectivity index (χ4n) is 4.29. The summed E-state index contributed by atoms with van der Waals surface area (Å²) in [5, 5.41) is 15.9. The minimum absolute atomic E-state index is 0.209. The number of fused-ring (bicyclic) bond motifs is 1. The van der Waals surface area contributed by atoms with E-state index in [1.165, 1.54) is 10.4 Å². The number of hydrogen-bond acceptors (Lipinski definition) is 7. The topological polar surface area (TPSA) is 111 Å². The summed E-state index contributed by atoms with van der Waals surface area (Å²) in [7, 11) is -3.24. The molecule has 0 unspecified atom stereocenters. The lowest BCUT2D eigenvalue weighted by Crippen LogP contribution is -2.46. The zero-order chi connectivity index (χ0) is 22.9. The molecule has 1 spiro atoms. The molecule has 3 aromatic rings. The third kappa shape index (κ3) is 4.82. The number of sulfonamides is 1. The average molecular weight is 467 g/mol. The number of rotatable bonds is 6. The highest BCUT2D eigenvalue weighted by atomic mass is 32.2. The van der Waals surface area contributed by atoms with Crippen LogP contribution in [-0.2, 0) is 16.6 Å². The van der Waals surface area contributed by atoms with Crippen molar-refractivity contribution >= 4 is 15.6 Å². The minimum atomic E-state index is -3.24. The van der Waals surface area contributed by atoms with Gasteiger partial charge in [0, 0.05) is 30.5 Å². The van der Waals surface area contributed by atoms with Crippen LogP contribution in [0.5, 0.6) is 5.75 Å². The number of benzene rings is 2. The molecular weight excluding hydrogens is 440 g/mol. The first-order chi connectivity index (χ1) is 15.9. The van der Waals surface area contributed by atoms with E-state index in [1.807, 2.05) is 30.3 Å². The fraction of sp³-hybridized carbons (Fsp3) is 0.348. The van der Waals surface area contributed by atoms with Gasteiger partial charge >= 0.3 is 0 Å². The Morgan fingerprint density at radius 1 is 1.09 bits per heavy atom. The van der Waals surface area contributed by atoms with E-state index < -0.39 is 10.0 Å². The van der Waals surface area contributed by atoms with Gasteiger partial charge in [0.05, 0.1) is 12.8 Å². The zero-order valence-corrected chi connectivity index (χ0v) is 19.2. The maximum Gasteiger partial charge on any atom is 0.208 e. The van der Waals surface area contributed by atoms with Crippen LogP contribution >= 0.6 is 0 Å². The molecule has 10 heteroatoms. The Balaban J connectivity index is 1.39. The van der Waals surface area contributed by atoms with Gasteiger partial charge in [-0.2, -0.15) is 4.80 Å². The SMILES string of the molecule is CS(=O)(=O)NCCn1nnc(-c2ccc(C3=CC4(CCNCC4)Oc4ccccc43)cc2)n1. The summed E-state index contributed by atoms with van der Waals surface area (Å²) >= 11 is 0. The van der Waals surface area contributed by atoms with Crippen LogP contribution in [0, 0.1) is 0 Å². The normalized spacial score (nSPS) is 17.3. The molecule has 0 radical (unpaired) electrons. The first-order valence-electron chi connectivity index (χ1n) is 11.0. The van der Waals surface area contributed by atoms with Crippen LogP contribution in [0.3, 0.4) is 0 Å². The molecule has 1 saturated heterocycles. The molecule has 0 amide bonds. The minimum Gasteiger partial charge on any atom is -0.482 e. The summed E-state index contributed by atoms with van der Waals surface area (Å²) in [6.45, 7) is 2.39. The van der Waals surface area contributed by atoms with Gasteiger partial charge in [0.25, 0.3) is 0 Å². The molecule has 1 fully saturated rings. The number of nitrogens with zero attached hydrogens (tertiary/aromatic N) is 4. The van der Waals surface area contributed by atoms with Crippen molar-refractivity contribution in [2.45, 2.75) is 25.0 Å². The molecule has 2 aliphatic rings. The van der Waals surface area contributed by atoms with Gasteiger partial charge in [-0.25, -0.2) is 13.1 Å². The van der Waals surface area contributed by atoms with Crippen LogP contribution in [-0.4, -0.2) is 60.1 Å². The molecule has 2 aromatic carbocycles. The summed E-state index contributed by atoms with van der Waals surface area (Å²) in [6, 6.07) is 16.3. The Hall–Kier alpha value is -3.08. The van der Waals surface area contributed by atoms with E-state index in [2.05, 4.69) is 49.7 Å². The standard InChI is InChI=1S/C23H26N6O3S/c1-33(30,31)25-14-15-29-27-22(26-28-29)18-8-6-17(7-9-18)20-16-23(10-12-24-13-11-23)32-21-5-3-2-4-19(20)21/h2-9,16,24-25H,10-15H2,1H3. The van der Waals surface area contributed by atoms with Crippen molar-refractivity contribution in [2.75, 3.05) is 25.9 Å². The van der Waals surface area contributed by atoms with Crippen LogP contribution in [0.25, 0.3) is 17.0 Å². The monoisotopic (exact) mass is 466 g/mol. The highest BCUT2D eigenvalue weighted by Gasteiger charge is 2.36. The van der Waals surface area contributed by atoms with Crippen LogP contribution in [0.2, 0.25) is 0 Å². The van der Waals surface area contributed by atoms with Gasteiger partial charge in [-0.3, -0.25) is 0 Å². The van der Waals surface area contributed by atoms with Gasteiger partial charge in [0.1, 0.15) is 11.4 Å². The number of piperidine rings is 1. The number of aromatic nitrogens is 4. The lowest BCUT2D eigenvalue weighted by Gasteiger charge is -2.40. The predicted octanol–water partition coefficient (Wildman–Crippen LogP) is 1.84. The molecule has 33 heavy (non-hydrogen) atoms. The Kier molecular flexibility index (Phi) is 5.73. The van der Waals surface area contributed by atoms with Crippen molar-refractivity contribution in [3.63, 3.8) is 0 Å². The third-order valence-corrected chi connectivity index (χ3v) is 6.66. The molecule has 172 valence electrons. The Morgan fingerprint density at radius 3 is 2.58 bits per heavy atom. The van der Waals surface area contributed by atoms with E-state index in [4.69, 9.17) is 4.74 Å². The Morgan fingerprint density at radius 2 is 1.82 bits per heavy atom. The van der Waals surface area contributed by atoms with Gasteiger partial charge in [-0.15, -0.1) is 10.2 Å². The molecular formula is C23H26N6O3S. The van der Waals surface area contributed by atoms with E-state index in [1.54, 1.807) is 0 Å². The first-order valence-corrected chi connectivity index (χ1v) is 12.9. The molecule has 0 atom stereocenters. The predicted molar refractivity (Wildman–Crippen MR) is 125 cm³/mol. The maximum absolute atomic E-state index is 11.2. The maximum atomic E-state index is 11.2. The van der Waals surface area contributed by atoms with Crippen molar-refractivity contribution in [3.8, 4) is 17.1 Å². The zero-order valence-electron chi connectivity index (χ0n) is 18.4. The molecule has 0 saturated carbocycles. The number of para-hydroxylation sites is 1. The molecule has 1 aromatic heterocycles. The van der Waals surface area contributed by atoms with Gasteiger partial charge in [-0.1, -0.05) is 42.5 Å². The molecule has 0 bridgehead atoms. The summed E-state index contributed by atoms with van der Waals surface area (Å²) in [4.78, 5) is 1.39. The lowest BCUT2D eigenvalue weighted by atomic mass is 9.83. The molecule has 5 rings (SSSR count). The van der Waals surface area contributed by atoms with E-state index in [9.17, 15) is 8.42 Å². The van der Waals surface area contributed by atoms with Crippen molar-refractivity contribution in [1.29, 1.82) is 0 Å². The molecule has 2 N–H and O–H groups in total. The second-order valence-electron chi connectivity index (χ2n) is 8.42. The van der Waals surface area contributed by atoms with Crippen LogP contribution in [0.1, 0.15) is 24.0 Å². The van der Waals surface area contributed by atoms with E-state index in [-0.39, 0.29) is 12.1 Å². The Bertz CT molecular complexity index is 1280. The number of hydrogen-bond donors (Lipinski definition) is 2. The highest BCUT2D eigenvalue weighted by Crippen LogP contribution is 2.42. The first kappa shape index (κ1) is 21.7. The van der Waals surface area contributed by atoms with Gasteiger partial charge in [-0.05, 0) is 41.6 Å². The summed E-state index contributed by atoms with van der Waals surface area (Å²) in [5.41, 5.74) is 3.94. The second kappa shape index (κ2) is 8.69. The van der Waals surface area contributed by atoms with Crippen LogP contribution < -0.4 is 14.8 Å². The molecule has 0 aliphatic carbocycles. The number of nitrogens with one attached hydrogen (secondary N) is 2. The molecule has 3 heterocycles. The molecule has 2 aliphatic heterocycles. The average Bonchev–Trinajstić information content (AvgIpc) is 3.27. The highest BCUT2D eigenvalue weighted by molar-refractivity contribution is 7.88. The van der Waals surface area contributed by atoms with Gasteiger partial charge in [0.2, 0.25) is 15.8 Å². The smallest absolute Gasteiger partial charge is 0.208 e. The summed E-state index contributed by atoms with van der Waals surface area (Å²) in [6.07, 6.45) is 5.27. The van der Waals surface area contributed by atoms with Gasteiger partial charge < -0.3 is 10.1 Å². The Labute approximate surface area is 192 Å². The van der Waals surface area contributed by atoms with E-state index >= 15 is 0 Å².